The van der Waals surface area contributed by atoms with Crippen LogP contribution >= 0.6 is 15.6 Å². The zero-order valence-electron chi connectivity index (χ0n) is 38.1. The van der Waals surface area contributed by atoms with E-state index < -0.39 is 84.3 Å². The number of phosphoric acid groups is 2. The summed E-state index contributed by atoms with van der Waals surface area (Å²) in [4.78, 5) is 65.5. The van der Waals surface area contributed by atoms with Gasteiger partial charge in [-0.3, -0.25) is 28.0 Å². The van der Waals surface area contributed by atoms with Crippen molar-refractivity contribution in [2.45, 2.75) is 173 Å². The maximum absolute atomic E-state index is 12.7. The smallest absolute Gasteiger partial charge is 0.462 e. The average molecular weight is 949 g/mol. The molecule has 0 heterocycles. The van der Waals surface area contributed by atoms with Crippen molar-refractivity contribution in [2.24, 2.45) is 11.8 Å². The number of rotatable bonds is 39. The molecule has 16 nitrogen and oxygen atoms in total. The molecule has 0 radical (unpaired) electrons. The summed E-state index contributed by atoms with van der Waals surface area (Å²) >= 11 is 0. The average Bonchev–Trinajstić information content (AvgIpc) is 3.51. The van der Waals surface area contributed by atoms with E-state index in [1.54, 1.807) is 12.2 Å². The second kappa shape index (κ2) is 36.5. The first-order valence-electron chi connectivity index (χ1n) is 23.1. The number of carbonyl (C=O) groups is 3. The zero-order chi connectivity index (χ0) is 47.5. The topological polar surface area (TPSA) is 253 Å². The van der Waals surface area contributed by atoms with Crippen LogP contribution in [0.3, 0.4) is 0 Å². The van der Waals surface area contributed by atoms with Crippen molar-refractivity contribution in [3.8, 4) is 0 Å². The minimum atomic E-state index is -4.90. The Morgan fingerprint density at radius 1 is 0.688 bits per heavy atom. The Morgan fingerprint density at radius 3 is 1.89 bits per heavy atom. The van der Waals surface area contributed by atoms with Crippen molar-refractivity contribution in [1.29, 1.82) is 0 Å². The van der Waals surface area contributed by atoms with Gasteiger partial charge < -0.3 is 39.5 Å². The number of ketones is 1. The van der Waals surface area contributed by atoms with Crippen LogP contribution in [0.15, 0.2) is 60.8 Å². The highest BCUT2D eigenvalue weighted by Gasteiger charge is 2.39. The van der Waals surface area contributed by atoms with E-state index in [1.165, 1.54) is 19.3 Å². The Balaban J connectivity index is 2.57. The second-order valence-corrected chi connectivity index (χ2v) is 18.8. The lowest BCUT2D eigenvalue weighted by molar-refractivity contribution is -0.161. The molecule has 0 bridgehead atoms. The van der Waals surface area contributed by atoms with Crippen molar-refractivity contribution in [1.82, 2.24) is 0 Å². The van der Waals surface area contributed by atoms with Crippen LogP contribution in [0.1, 0.15) is 149 Å². The Kier molecular flexibility index (Phi) is 33.9. The summed E-state index contributed by atoms with van der Waals surface area (Å²) < 4.78 is 47.8. The molecule has 0 saturated heterocycles. The number of Topliss-reactive ketones (excluding diaryl/α,β-unsaturated/α-hetero) is 1. The quantitative estimate of drug-likeness (QED) is 0.0146. The molecule has 0 amide bonds. The second-order valence-electron chi connectivity index (χ2n) is 16.1. The molecule has 0 aromatic carbocycles. The van der Waals surface area contributed by atoms with Gasteiger partial charge in [0.2, 0.25) is 0 Å². The lowest BCUT2D eigenvalue weighted by atomic mass is 9.88. The van der Waals surface area contributed by atoms with Crippen molar-refractivity contribution < 1.29 is 76.6 Å². The highest BCUT2D eigenvalue weighted by molar-refractivity contribution is 7.47. The molecule has 1 aliphatic rings. The van der Waals surface area contributed by atoms with E-state index in [9.17, 15) is 43.7 Å². The first kappa shape index (κ1) is 59.4. The van der Waals surface area contributed by atoms with Gasteiger partial charge in [0.25, 0.3) is 0 Å². The maximum Gasteiger partial charge on any atom is 0.472 e. The number of aliphatic hydroxyl groups is 3. The number of hydrogen-bond acceptors (Lipinski definition) is 13. The van der Waals surface area contributed by atoms with Crippen LogP contribution in [0.25, 0.3) is 0 Å². The highest BCUT2D eigenvalue weighted by Crippen LogP contribution is 2.44. The molecule has 368 valence electrons. The zero-order valence-corrected chi connectivity index (χ0v) is 39.9. The van der Waals surface area contributed by atoms with E-state index in [-0.39, 0.29) is 31.0 Å². The van der Waals surface area contributed by atoms with Gasteiger partial charge in [-0.15, -0.1) is 0 Å². The summed E-state index contributed by atoms with van der Waals surface area (Å²) in [7, 11) is -9.79. The van der Waals surface area contributed by atoms with Gasteiger partial charge in [-0.05, 0) is 70.1 Å². The van der Waals surface area contributed by atoms with Crippen molar-refractivity contribution in [2.75, 3.05) is 26.4 Å². The first-order valence-corrected chi connectivity index (χ1v) is 26.1. The van der Waals surface area contributed by atoms with Crippen molar-refractivity contribution in [3.63, 3.8) is 0 Å². The normalized spacial score (nSPS) is 19.7. The van der Waals surface area contributed by atoms with Crippen molar-refractivity contribution in [3.05, 3.63) is 60.8 Å². The number of allylic oxidation sites excluding steroid dienone is 9. The summed E-state index contributed by atoms with van der Waals surface area (Å²) in [5.41, 5.74) is 0. The largest absolute Gasteiger partial charge is 0.472 e. The highest BCUT2D eigenvalue weighted by atomic mass is 31.2. The van der Waals surface area contributed by atoms with E-state index in [1.807, 2.05) is 12.2 Å². The monoisotopic (exact) mass is 948 g/mol. The maximum atomic E-state index is 12.7. The van der Waals surface area contributed by atoms with Crippen LogP contribution < -0.4 is 0 Å². The molecular formula is C46H78O16P2. The molecule has 0 aromatic rings. The van der Waals surface area contributed by atoms with Crippen LogP contribution in [0.4, 0.5) is 0 Å². The third kappa shape index (κ3) is 33.0. The summed E-state index contributed by atoms with van der Waals surface area (Å²) in [6.07, 6.45) is 31.3. The molecule has 0 aliphatic heterocycles. The van der Waals surface area contributed by atoms with E-state index >= 15 is 0 Å². The van der Waals surface area contributed by atoms with Gasteiger partial charge in [0.1, 0.15) is 18.5 Å². The van der Waals surface area contributed by atoms with E-state index in [0.717, 1.165) is 57.8 Å². The summed E-state index contributed by atoms with van der Waals surface area (Å²) in [5.74, 6) is -1.96. The number of phosphoric ester groups is 2. The third-order valence-corrected chi connectivity index (χ3v) is 11.7. The molecule has 1 aliphatic carbocycles. The Hall–Kier alpha value is -2.59. The number of hydrogen-bond donors (Lipinski definition) is 6. The van der Waals surface area contributed by atoms with Crippen molar-refractivity contribution >= 4 is 33.4 Å². The Bertz CT molecular complexity index is 1520. The predicted molar refractivity (Wildman–Crippen MR) is 245 cm³/mol. The molecule has 0 spiro atoms. The van der Waals surface area contributed by atoms with Crippen LogP contribution in [0.5, 0.6) is 0 Å². The van der Waals surface area contributed by atoms with Gasteiger partial charge in [-0.2, -0.15) is 0 Å². The van der Waals surface area contributed by atoms with E-state index in [2.05, 4.69) is 59.4 Å². The number of ether oxygens (including phenoxy) is 2. The van der Waals surface area contributed by atoms with Crippen LogP contribution in [-0.4, -0.2) is 98.6 Å². The number of aliphatic hydroxyl groups excluding tert-OH is 3. The van der Waals surface area contributed by atoms with Gasteiger partial charge in [-0.25, -0.2) is 9.13 Å². The van der Waals surface area contributed by atoms with Gasteiger partial charge >= 0.3 is 27.6 Å². The summed E-state index contributed by atoms with van der Waals surface area (Å²) in [6.45, 7) is 1.30. The molecular weight excluding hydrogens is 870 g/mol. The molecule has 6 N–H and O–H groups in total. The third-order valence-electron chi connectivity index (χ3n) is 10.3. The lowest BCUT2D eigenvalue weighted by Gasteiger charge is -2.20. The predicted octanol–water partition coefficient (Wildman–Crippen LogP) is 8.60. The molecule has 18 heteroatoms. The van der Waals surface area contributed by atoms with Gasteiger partial charge in [0.15, 0.2) is 6.10 Å². The molecule has 1 saturated carbocycles. The number of esters is 2. The lowest BCUT2D eigenvalue weighted by Crippen LogP contribution is -2.29. The van der Waals surface area contributed by atoms with Crippen LogP contribution in [-0.2, 0) is 46.6 Å². The molecule has 1 unspecified atom stereocenters. The summed E-state index contributed by atoms with van der Waals surface area (Å²) in [6, 6.07) is 0. The van der Waals surface area contributed by atoms with E-state index in [0.29, 0.717) is 38.5 Å². The molecule has 64 heavy (non-hydrogen) atoms. The fraction of sp³-hybridized carbons (Fsp3) is 0.717. The summed E-state index contributed by atoms with van der Waals surface area (Å²) in [5, 5.41) is 30.5. The van der Waals surface area contributed by atoms with E-state index in [4.69, 9.17) is 23.8 Å². The molecule has 1 rings (SSSR count). The van der Waals surface area contributed by atoms with Crippen LogP contribution in [0.2, 0.25) is 0 Å². The fourth-order valence-electron chi connectivity index (χ4n) is 6.71. The van der Waals surface area contributed by atoms with Gasteiger partial charge in [0, 0.05) is 25.2 Å². The molecule has 1 fully saturated rings. The molecule has 7 atom stereocenters. The standard InChI is InChI=1S/C46H78O16P2/c1-3-5-7-8-9-10-11-12-13-14-15-16-17-18-19-20-26-30-46(52)62-40(37-61-64(56,57)60-35-39(48)34-59-63(53,54)55)36-58-45(51)29-25-22-21-24-28-41-42(44(50)33-43(41)49)32-31-38(47)27-23-6-4-2/h9-10,12-13,15-16,18-19,31-32,38-43,47-49H,3-8,11,14,17,20-30,33-37H2,1-2H3,(H,56,57)(H2,53,54,55)/b10-9-,13-12-,16-15-,19-18-,32-31+/t38-,39-,40+,41+,42+,43-/m0/s1. The molecule has 0 aromatic heterocycles. The van der Waals surface area contributed by atoms with Gasteiger partial charge in [0.05, 0.1) is 32.0 Å². The minimum absolute atomic E-state index is 0.00555. The van der Waals surface area contributed by atoms with Gasteiger partial charge in [-0.1, -0.05) is 126 Å². The Labute approximate surface area is 381 Å². The number of carbonyl (C=O) groups excluding carboxylic acids is 3. The minimum Gasteiger partial charge on any atom is -0.462 e. The van der Waals surface area contributed by atoms with Crippen LogP contribution in [0, 0.1) is 11.8 Å². The SMILES string of the molecule is CCCCC/C=C\C/C=C\C/C=C\C/C=C\CCCC(=O)O[C@H](COC(=O)CCCCCC[C@H]1[C@@H](O)CC(=O)[C@@H]1/C=C/[C@@H](O)CCCCC)COP(=O)(O)OC[C@@H](O)COP(=O)(O)O. The fourth-order valence-corrected chi connectivity index (χ4v) is 7.87. The number of unbranched alkanes of at least 4 members (excludes halogenated alkanes) is 9. The first-order chi connectivity index (χ1) is 30.6. The Morgan fingerprint density at radius 2 is 1.25 bits per heavy atom.